The van der Waals surface area contributed by atoms with Gasteiger partial charge in [-0.1, -0.05) is 36.4 Å². The standard InChI is InChI=1S/C23H32N2O4S/c1-17-8-7-15-25(23(17)26)22(18(2)24-30(3,27)28)16-29-21-13-11-20(12-14-21)19-9-5-4-6-10-19/h4-10,15,18,20-22,24H,11-14,16H2,1-3H3. The van der Waals surface area contributed by atoms with Gasteiger partial charge >= 0.3 is 0 Å². The molecule has 7 heteroatoms. The van der Waals surface area contributed by atoms with Crippen molar-refractivity contribution in [3.8, 4) is 0 Å². The second-order valence-electron chi connectivity index (χ2n) is 8.37. The number of hydrogen-bond acceptors (Lipinski definition) is 4. The largest absolute Gasteiger partial charge is 0.376 e. The Morgan fingerprint density at radius 3 is 2.40 bits per heavy atom. The van der Waals surface area contributed by atoms with Gasteiger partial charge in [0.25, 0.3) is 5.56 Å². The molecule has 164 valence electrons. The summed E-state index contributed by atoms with van der Waals surface area (Å²) in [7, 11) is -3.40. The van der Waals surface area contributed by atoms with E-state index in [1.807, 2.05) is 12.1 Å². The first-order chi connectivity index (χ1) is 14.2. The lowest BCUT2D eigenvalue weighted by molar-refractivity contribution is 0.00239. The number of aromatic nitrogens is 1. The van der Waals surface area contributed by atoms with E-state index in [-0.39, 0.29) is 18.3 Å². The second-order valence-corrected chi connectivity index (χ2v) is 10.1. The summed E-state index contributed by atoms with van der Waals surface area (Å²) in [6.45, 7) is 3.82. The molecule has 0 radical (unpaired) electrons. The van der Waals surface area contributed by atoms with E-state index in [1.165, 1.54) is 5.56 Å². The van der Waals surface area contributed by atoms with Crippen LogP contribution in [-0.2, 0) is 14.8 Å². The van der Waals surface area contributed by atoms with Gasteiger partial charge in [0, 0.05) is 17.8 Å². The molecule has 1 heterocycles. The molecule has 0 saturated heterocycles. The van der Waals surface area contributed by atoms with Gasteiger partial charge in [0.15, 0.2) is 0 Å². The Kier molecular flexibility index (Phi) is 7.50. The molecule has 0 spiro atoms. The highest BCUT2D eigenvalue weighted by molar-refractivity contribution is 7.88. The fourth-order valence-electron chi connectivity index (χ4n) is 4.29. The van der Waals surface area contributed by atoms with Crippen LogP contribution in [0.3, 0.4) is 0 Å². The number of hydrogen-bond donors (Lipinski definition) is 1. The summed E-state index contributed by atoms with van der Waals surface area (Å²) >= 11 is 0. The molecule has 1 aliphatic rings. The van der Waals surface area contributed by atoms with Gasteiger partial charge in [0.05, 0.1) is 25.0 Å². The number of aryl methyl sites for hydroxylation is 1. The molecule has 1 saturated carbocycles. The SMILES string of the molecule is Cc1cccn(C(COC2CCC(c3ccccc3)CC2)C(C)NS(C)(=O)=O)c1=O. The van der Waals surface area contributed by atoms with E-state index in [9.17, 15) is 13.2 Å². The Balaban J connectivity index is 1.67. The highest BCUT2D eigenvalue weighted by Gasteiger charge is 2.27. The number of rotatable bonds is 8. The molecular formula is C23H32N2O4S. The van der Waals surface area contributed by atoms with Gasteiger partial charge in [0.2, 0.25) is 10.0 Å². The molecule has 1 N–H and O–H groups in total. The normalized spacial score (nSPS) is 21.8. The van der Waals surface area contributed by atoms with E-state index in [2.05, 4.69) is 29.0 Å². The van der Waals surface area contributed by atoms with Gasteiger partial charge in [-0.2, -0.15) is 0 Å². The average Bonchev–Trinajstić information content (AvgIpc) is 2.71. The number of nitrogens with one attached hydrogen (secondary N) is 1. The van der Waals surface area contributed by atoms with Gasteiger partial charge in [-0.15, -0.1) is 0 Å². The summed E-state index contributed by atoms with van der Waals surface area (Å²) < 4.78 is 34.0. The molecule has 0 amide bonds. The summed E-state index contributed by atoms with van der Waals surface area (Å²) in [6.07, 6.45) is 7.02. The molecule has 3 rings (SSSR count). The third-order valence-electron chi connectivity index (χ3n) is 5.95. The van der Waals surface area contributed by atoms with Crippen molar-refractivity contribution in [2.24, 2.45) is 0 Å². The van der Waals surface area contributed by atoms with E-state index >= 15 is 0 Å². The van der Waals surface area contributed by atoms with Crippen molar-refractivity contribution in [1.29, 1.82) is 0 Å². The fraction of sp³-hybridized carbons (Fsp3) is 0.522. The molecule has 1 aromatic carbocycles. The first-order valence-electron chi connectivity index (χ1n) is 10.6. The number of nitrogens with zero attached hydrogens (tertiary/aromatic N) is 1. The zero-order valence-corrected chi connectivity index (χ0v) is 18.8. The molecule has 2 atom stereocenters. The predicted octanol–water partition coefficient (Wildman–Crippen LogP) is 3.38. The second kappa shape index (κ2) is 9.90. The van der Waals surface area contributed by atoms with Crippen LogP contribution in [0.15, 0.2) is 53.5 Å². The predicted molar refractivity (Wildman–Crippen MR) is 119 cm³/mol. The number of pyridine rings is 1. The Bertz CT molecular complexity index is 980. The van der Waals surface area contributed by atoms with Crippen molar-refractivity contribution in [2.75, 3.05) is 12.9 Å². The Morgan fingerprint density at radius 1 is 1.10 bits per heavy atom. The number of ether oxygens (including phenoxy) is 1. The topological polar surface area (TPSA) is 77.4 Å². The fourth-order valence-corrected chi connectivity index (χ4v) is 5.12. The maximum absolute atomic E-state index is 12.7. The lowest BCUT2D eigenvalue weighted by atomic mass is 9.83. The molecule has 1 aromatic heterocycles. The van der Waals surface area contributed by atoms with Gasteiger partial charge in [-0.3, -0.25) is 4.79 Å². The lowest BCUT2D eigenvalue weighted by Gasteiger charge is -2.32. The molecule has 30 heavy (non-hydrogen) atoms. The molecule has 1 aliphatic carbocycles. The number of sulfonamides is 1. The molecule has 2 aromatic rings. The summed E-state index contributed by atoms with van der Waals surface area (Å²) in [5.41, 5.74) is 1.88. The van der Waals surface area contributed by atoms with Crippen LogP contribution in [0, 0.1) is 6.92 Å². The molecule has 2 unspecified atom stereocenters. The van der Waals surface area contributed by atoms with Crippen LogP contribution in [0.1, 0.15) is 55.7 Å². The Hall–Kier alpha value is -1.96. The van der Waals surface area contributed by atoms with Gasteiger partial charge in [-0.05, 0) is 57.1 Å². The summed E-state index contributed by atoms with van der Waals surface area (Å²) in [6, 6.07) is 13.3. The zero-order chi connectivity index (χ0) is 21.7. The monoisotopic (exact) mass is 432 g/mol. The third-order valence-corrected chi connectivity index (χ3v) is 6.75. The first-order valence-corrected chi connectivity index (χ1v) is 12.5. The average molecular weight is 433 g/mol. The van der Waals surface area contributed by atoms with Crippen LogP contribution >= 0.6 is 0 Å². The minimum Gasteiger partial charge on any atom is -0.376 e. The molecule has 0 bridgehead atoms. The summed E-state index contributed by atoms with van der Waals surface area (Å²) in [4.78, 5) is 12.7. The Labute approximate surface area is 179 Å². The zero-order valence-electron chi connectivity index (χ0n) is 18.0. The van der Waals surface area contributed by atoms with Crippen LogP contribution in [0.2, 0.25) is 0 Å². The Morgan fingerprint density at radius 2 is 1.77 bits per heavy atom. The number of benzene rings is 1. The van der Waals surface area contributed by atoms with Gasteiger partial charge in [-0.25, -0.2) is 13.1 Å². The maximum atomic E-state index is 12.7. The van der Waals surface area contributed by atoms with E-state index in [1.54, 1.807) is 30.7 Å². The molecule has 0 aliphatic heterocycles. The van der Waals surface area contributed by atoms with Crippen LogP contribution < -0.4 is 10.3 Å². The first kappa shape index (κ1) is 22.7. The van der Waals surface area contributed by atoms with Crippen LogP contribution in [0.5, 0.6) is 0 Å². The lowest BCUT2D eigenvalue weighted by Crippen LogP contribution is -2.44. The van der Waals surface area contributed by atoms with Crippen molar-refractivity contribution in [3.63, 3.8) is 0 Å². The van der Waals surface area contributed by atoms with E-state index in [0.717, 1.165) is 31.9 Å². The van der Waals surface area contributed by atoms with Crippen molar-refractivity contribution in [1.82, 2.24) is 9.29 Å². The van der Waals surface area contributed by atoms with Crippen molar-refractivity contribution in [3.05, 3.63) is 70.1 Å². The van der Waals surface area contributed by atoms with Crippen molar-refractivity contribution < 1.29 is 13.2 Å². The summed E-state index contributed by atoms with van der Waals surface area (Å²) in [5.74, 6) is 0.562. The third kappa shape index (κ3) is 6.03. The highest BCUT2D eigenvalue weighted by Crippen LogP contribution is 2.34. The van der Waals surface area contributed by atoms with E-state index in [4.69, 9.17) is 4.74 Å². The minimum atomic E-state index is -3.40. The molecular weight excluding hydrogens is 400 g/mol. The van der Waals surface area contributed by atoms with Crippen LogP contribution in [0.25, 0.3) is 0 Å². The van der Waals surface area contributed by atoms with E-state index in [0.29, 0.717) is 11.5 Å². The van der Waals surface area contributed by atoms with Gasteiger partial charge < -0.3 is 9.30 Å². The molecule has 1 fully saturated rings. The van der Waals surface area contributed by atoms with Crippen LogP contribution in [-0.4, -0.2) is 38.0 Å². The highest BCUT2D eigenvalue weighted by atomic mass is 32.2. The minimum absolute atomic E-state index is 0.124. The molecule has 6 nitrogen and oxygen atoms in total. The smallest absolute Gasteiger partial charge is 0.253 e. The van der Waals surface area contributed by atoms with E-state index < -0.39 is 22.1 Å². The van der Waals surface area contributed by atoms with Crippen molar-refractivity contribution in [2.45, 2.75) is 63.6 Å². The quantitative estimate of drug-likeness (QED) is 0.694. The maximum Gasteiger partial charge on any atom is 0.253 e. The van der Waals surface area contributed by atoms with Gasteiger partial charge in [0.1, 0.15) is 0 Å². The summed E-state index contributed by atoms with van der Waals surface area (Å²) in [5, 5.41) is 0. The van der Waals surface area contributed by atoms with Crippen LogP contribution in [0.4, 0.5) is 0 Å². The van der Waals surface area contributed by atoms with Crippen molar-refractivity contribution >= 4 is 10.0 Å².